The molecule has 2 aliphatic heterocycles. The lowest BCUT2D eigenvalue weighted by molar-refractivity contribution is -0.129. The molecule has 4 rings (SSSR count). The molecular weight excluding hydrogens is 308 g/mol. The van der Waals surface area contributed by atoms with Crippen LogP contribution in [-0.2, 0) is 16.1 Å². The second-order valence-corrected chi connectivity index (χ2v) is 6.06. The predicted octanol–water partition coefficient (Wildman–Crippen LogP) is 2.05. The summed E-state index contributed by atoms with van der Waals surface area (Å²) in [7, 11) is 0. The third kappa shape index (κ3) is 2.64. The van der Waals surface area contributed by atoms with E-state index in [-0.39, 0.29) is 24.2 Å². The van der Waals surface area contributed by atoms with Gasteiger partial charge in [-0.1, -0.05) is 12.1 Å². The van der Waals surface area contributed by atoms with Gasteiger partial charge in [-0.15, -0.1) is 0 Å². The fourth-order valence-electron chi connectivity index (χ4n) is 3.30. The molecule has 0 saturated carbocycles. The molecule has 2 aromatic rings. The molecule has 3 heterocycles. The summed E-state index contributed by atoms with van der Waals surface area (Å²) in [5.41, 5.74) is 0.783. The molecule has 2 amide bonds. The van der Waals surface area contributed by atoms with Crippen LogP contribution in [0.4, 0.5) is 5.69 Å². The van der Waals surface area contributed by atoms with E-state index in [4.69, 9.17) is 9.15 Å². The minimum absolute atomic E-state index is 0.00806. The standard InChI is InChI=1S/C18H18N2O4/c21-17-10-13(11-19(17)12-14-4-3-8-23-14)18(22)20-7-9-24-16-6-2-1-5-15(16)20/h1-6,8,13H,7,9-12H2. The topological polar surface area (TPSA) is 63.0 Å². The van der Waals surface area contributed by atoms with Crippen molar-refractivity contribution in [2.75, 3.05) is 24.6 Å². The fourth-order valence-corrected chi connectivity index (χ4v) is 3.30. The van der Waals surface area contributed by atoms with Gasteiger partial charge in [0.25, 0.3) is 0 Å². The Kier molecular flexibility index (Phi) is 3.72. The molecule has 1 fully saturated rings. The summed E-state index contributed by atoms with van der Waals surface area (Å²) in [6.07, 6.45) is 1.84. The lowest BCUT2D eigenvalue weighted by atomic mass is 10.1. The number of hydrogen-bond donors (Lipinski definition) is 0. The van der Waals surface area contributed by atoms with Crippen molar-refractivity contribution < 1.29 is 18.7 Å². The third-order valence-electron chi connectivity index (χ3n) is 4.49. The molecule has 0 radical (unpaired) electrons. The van der Waals surface area contributed by atoms with Gasteiger partial charge in [0.1, 0.15) is 18.1 Å². The van der Waals surface area contributed by atoms with E-state index in [1.807, 2.05) is 30.3 Å². The quantitative estimate of drug-likeness (QED) is 0.866. The number of carbonyl (C=O) groups excluding carboxylic acids is 2. The van der Waals surface area contributed by atoms with Crippen molar-refractivity contribution in [2.24, 2.45) is 5.92 Å². The highest BCUT2D eigenvalue weighted by molar-refractivity contribution is 6.00. The summed E-state index contributed by atoms with van der Waals surface area (Å²) in [5.74, 6) is 1.10. The van der Waals surface area contributed by atoms with Crippen LogP contribution in [0.25, 0.3) is 0 Å². The Morgan fingerprint density at radius 2 is 2.08 bits per heavy atom. The molecule has 0 aliphatic carbocycles. The first-order valence-corrected chi connectivity index (χ1v) is 8.06. The molecule has 0 N–H and O–H groups in total. The zero-order chi connectivity index (χ0) is 16.5. The van der Waals surface area contributed by atoms with E-state index in [0.717, 1.165) is 11.4 Å². The van der Waals surface area contributed by atoms with Crippen molar-refractivity contribution in [3.05, 3.63) is 48.4 Å². The van der Waals surface area contributed by atoms with Crippen molar-refractivity contribution in [1.82, 2.24) is 4.90 Å². The lowest BCUT2D eigenvalue weighted by Crippen LogP contribution is -2.42. The number of ether oxygens (including phenoxy) is 1. The summed E-state index contributed by atoms with van der Waals surface area (Å²) in [6, 6.07) is 11.1. The van der Waals surface area contributed by atoms with Crippen LogP contribution in [0.2, 0.25) is 0 Å². The van der Waals surface area contributed by atoms with Gasteiger partial charge in [-0.05, 0) is 24.3 Å². The molecule has 0 spiro atoms. The summed E-state index contributed by atoms with van der Waals surface area (Å²) >= 11 is 0. The van der Waals surface area contributed by atoms with Gasteiger partial charge in [0.2, 0.25) is 11.8 Å². The number of rotatable bonds is 3. The number of fused-ring (bicyclic) bond motifs is 1. The number of para-hydroxylation sites is 2. The number of carbonyl (C=O) groups is 2. The number of furan rings is 1. The van der Waals surface area contributed by atoms with Crippen LogP contribution in [0.3, 0.4) is 0 Å². The molecule has 6 heteroatoms. The van der Waals surface area contributed by atoms with Crippen LogP contribution in [0.15, 0.2) is 47.1 Å². The van der Waals surface area contributed by atoms with Crippen molar-refractivity contribution in [3.63, 3.8) is 0 Å². The van der Waals surface area contributed by atoms with Gasteiger partial charge in [-0.2, -0.15) is 0 Å². The Labute approximate surface area is 139 Å². The Morgan fingerprint density at radius 1 is 1.21 bits per heavy atom. The summed E-state index contributed by atoms with van der Waals surface area (Å²) in [4.78, 5) is 28.6. The predicted molar refractivity (Wildman–Crippen MR) is 86.5 cm³/mol. The van der Waals surface area contributed by atoms with E-state index in [2.05, 4.69) is 0 Å². The summed E-state index contributed by atoms with van der Waals surface area (Å²) in [6.45, 7) is 1.82. The van der Waals surface area contributed by atoms with Gasteiger partial charge < -0.3 is 19.0 Å². The molecule has 124 valence electrons. The smallest absolute Gasteiger partial charge is 0.232 e. The highest BCUT2D eigenvalue weighted by atomic mass is 16.5. The first-order valence-electron chi connectivity index (χ1n) is 8.06. The number of amides is 2. The SMILES string of the molecule is O=C1CC(C(=O)N2CCOc3ccccc32)CN1Cc1ccco1. The molecule has 1 saturated heterocycles. The molecule has 24 heavy (non-hydrogen) atoms. The Bertz CT molecular complexity index is 756. The number of hydrogen-bond acceptors (Lipinski definition) is 4. The molecule has 2 aliphatic rings. The monoisotopic (exact) mass is 326 g/mol. The molecule has 1 aromatic heterocycles. The maximum absolute atomic E-state index is 12.9. The Hall–Kier alpha value is -2.76. The number of anilines is 1. The van der Waals surface area contributed by atoms with Crippen LogP contribution < -0.4 is 9.64 Å². The summed E-state index contributed by atoms with van der Waals surface area (Å²) < 4.78 is 10.9. The average molecular weight is 326 g/mol. The highest BCUT2D eigenvalue weighted by Crippen LogP contribution is 2.33. The van der Waals surface area contributed by atoms with E-state index in [0.29, 0.717) is 32.0 Å². The van der Waals surface area contributed by atoms with E-state index in [1.54, 1.807) is 22.1 Å². The Balaban J connectivity index is 1.49. The number of nitrogens with zero attached hydrogens (tertiary/aromatic N) is 2. The van der Waals surface area contributed by atoms with E-state index < -0.39 is 0 Å². The van der Waals surface area contributed by atoms with Crippen LogP contribution in [0.1, 0.15) is 12.2 Å². The van der Waals surface area contributed by atoms with Crippen molar-refractivity contribution in [3.8, 4) is 5.75 Å². The van der Waals surface area contributed by atoms with Crippen molar-refractivity contribution >= 4 is 17.5 Å². The van der Waals surface area contributed by atoms with Crippen LogP contribution in [-0.4, -0.2) is 36.4 Å². The van der Waals surface area contributed by atoms with E-state index in [9.17, 15) is 9.59 Å². The minimum atomic E-state index is -0.321. The molecule has 1 atom stereocenters. The minimum Gasteiger partial charge on any atom is -0.490 e. The fraction of sp³-hybridized carbons (Fsp3) is 0.333. The van der Waals surface area contributed by atoms with Gasteiger partial charge in [0.15, 0.2) is 0 Å². The zero-order valence-corrected chi connectivity index (χ0v) is 13.2. The van der Waals surface area contributed by atoms with Crippen LogP contribution in [0, 0.1) is 5.92 Å². The van der Waals surface area contributed by atoms with Crippen LogP contribution in [0.5, 0.6) is 5.75 Å². The first-order chi connectivity index (χ1) is 11.7. The van der Waals surface area contributed by atoms with E-state index >= 15 is 0 Å². The maximum Gasteiger partial charge on any atom is 0.232 e. The Morgan fingerprint density at radius 3 is 2.92 bits per heavy atom. The highest BCUT2D eigenvalue weighted by Gasteiger charge is 2.38. The van der Waals surface area contributed by atoms with Gasteiger partial charge in [0, 0.05) is 13.0 Å². The zero-order valence-electron chi connectivity index (χ0n) is 13.2. The van der Waals surface area contributed by atoms with Crippen molar-refractivity contribution in [2.45, 2.75) is 13.0 Å². The molecule has 1 unspecified atom stereocenters. The van der Waals surface area contributed by atoms with Crippen LogP contribution >= 0.6 is 0 Å². The first kappa shape index (κ1) is 14.8. The number of benzene rings is 1. The van der Waals surface area contributed by atoms with Gasteiger partial charge in [-0.25, -0.2) is 0 Å². The van der Waals surface area contributed by atoms with Crippen molar-refractivity contribution in [1.29, 1.82) is 0 Å². The second kappa shape index (κ2) is 6.03. The van der Waals surface area contributed by atoms with E-state index in [1.165, 1.54) is 0 Å². The molecule has 6 nitrogen and oxygen atoms in total. The summed E-state index contributed by atoms with van der Waals surface area (Å²) in [5, 5.41) is 0. The third-order valence-corrected chi connectivity index (χ3v) is 4.49. The van der Waals surface area contributed by atoms with Gasteiger partial charge in [0.05, 0.1) is 31.0 Å². The largest absolute Gasteiger partial charge is 0.490 e. The van der Waals surface area contributed by atoms with Gasteiger partial charge >= 0.3 is 0 Å². The molecule has 0 bridgehead atoms. The average Bonchev–Trinajstić information content (AvgIpc) is 3.24. The molecular formula is C18H18N2O4. The molecule has 1 aromatic carbocycles. The second-order valence-electron chi connectivity index (χ2n) is 6.06. The maximum atomic E-state index is 12.9. The normalized spacial score (nSPS) is 20.0. The lowest BCUT2D eigenvalue weighted by Gasteiger charge is -2.31. The van der Waals surface area contributed by atoms with Gasteiger partial charge in [-0.3, -0.25) is 9.59 Å². The number of likely N-dealkylation sites (tertiary alicyclic amines) is 1.